The molecule has 0 bridgehead atoms. The molecule has 0 unspecified atom stereocenters. The Balaban J connectivity index is 1.63. The molecular formula is C18H30F2O2. The zero-order chi connectivity index (χ0) is 15.8. The lowest BCUT2D eigenvalue weighted by Crippen LogP contribution is -2.37. The van der Waals surface area contributed by atoms with Gasteiger partial charge < -0.3 is 9.47 Å². The highest BCUT2D eigenvalue weighted by atomic mass is 19.3. The Kier molecular flexibility index (Phi) is 7.81. The van der Waals surface area contributed by atoms with Crippen LogP contribution in [0.5, 0.6) is 0 Å². The second kappa shape index (κ2) is 9.61. The lowest BCUT2D eigenvalue weighted by Gasteiger charge is -2.37. The van der Waals surface area contributed by atoms with E-state index in [1.165, 1.54) is 19.3 Å². The van der Waals surface area contributed by atoms with Crippen LogP contribution < -0.4 is 0 Å². The molecule has 0 spiro atoms. The Labute approximate surface area is 133 Å². The van der Waals surface area contributed by atoms with Gasteiger partial charge in [-0.3, -0.25) is 0 Å². The van der Waals surface area contributed by atoms with Crippen molar-refractivity contribution in [1.29, 1.82) is 0 Å². The van der Waals surface area contributed by atoms with Crippen LogP contribution in [0.4, 0.5) is 8.78 Å². The van der Waals surface area contributed by atoms with E-state index in [1.54, 1.807) is 0 Å². The summed E-state index contributed by atoms with van der Waals surface area (Å²) in [6, 6.07) is 0. The van der Waals surface area contributed by atoms with E-state index >= 15 is 0 Å². The van der Waals surface area contributed by atoms with Crippen LogP contribution in [0.25, 0.3) is 0 Å². The van der Waals surface area contributed by atoms with Crippen molar-refractivity contribution < 1.29 is 18.3 Å². The molecular weight excluding hydrogens is 286 g/mol. The molecule has 1 saturated carbocycles. The third-order valence-electron chi connectivity index (χ3n) is 5.20. The van der Waals surface area contributed by atoms with Gasteiger partial charge in [0.25, 0.3) is 6.08 Å². The SMILES string of the molecule is CCCCCC1OCC(C2CCC(CC=C(F)F)CC2)CO1. The zero-order valence-electron chi connectivity index (χ0n) is 13.7. The maximum absolute atomic E-state index is 12.1. The Morgan fingerprint density at radius 3 is 2.27 bits per heavy atom. The third-order valence-corrected chi connectivity index (χ3v) is 5.20. The lowest BCUT2D eigenvalue weighted by molar-refractivity contribution is -0.212. The largest absolute Gasteiger partial charge is 0.352 e. The van der Waals surface area contributed by atoms with Gasteiger partial charge in [-0.25, -0.2) is 0 Å². The molecule has 2 fully saturated rings. The molecule has 128 valence electrons. The first-order chi connectivity index (χ1) is 10.7. The van der Waals surface area contributed by atoms with E-state index < -0.39 is 6.08 Å². The molecule has 4 heteroatoms. The summed E-state index contributed by atoms with van der Waals surface area (Å²) in [6.45, 7) is 3.82. The summed E-state index contributed by atoms with van der Waals surface area (Å²) in [5, 5.41) is 0. The molecule has 2 aliphatic rings. The van der Waals surface area contributed by atoms with Crippen LogP contribution >= 0.6 is 0 Å². The molecule has 1 aliphatic heterocycles. The average molecular weight is 316 g/mol. The smallest absolute Gasteiger partial charge is 0.266 e. The predicted molar refractivity (Wildman–Crippen MR) is 83.7 cm³/mol. The highest BCUT2D eigenvalue weighted by Crippen LogP contribution is 2.37. The minimum Gasteiger partial charge on any atom is -0.352 e. The highest BCUT2D eigenvalue weighted by molar-refractivity contribution is 4.86. The molecule has 22 heavy (non-hydrogen) atoms. The Morgan fingerprint density at radius 2 is 1.68 bits per heavy atom. The van der Waals surface area contributed by atoms with Crippen LogP contribution in [0.15, 0.2) is 12.2 Å². The average Bonchev–Trinajstić information content (AvgIpc) is 2.54. The van der Waals surface area contributed by atoms with Crippen molar-refractivity contribution in [2.75, 3.05) is 13.2 Å². The van der Waals surface area contributed by atoms with E-state index in [0.717, 1.165) is 51.4 Å². The van der Waals surface area contributed by atoms with Crippen molar-refractivity contribution in [3.8, 4) is 0 Å². The van der Waals surface area contributed by atoms with E-state index in [0.29, 0.717) is 24.2 Å². The van der Waals surface area contributed by atoms with Gasteiger partial charge in [-0.1, -0.05) is 19.8 Å². The normalized spacial score (nSPS) is 32.7. The molecule has 0 aromatic rings. The van der Waals surface area contributed by atoms with Crippen LogP contribution in [0.1, 0.15) is 64.7 Å². The van der Waals surface area contributed by atoms with Crippen molar-refractivity contribution >= 4 is 0 Å². The van der Waals surface area contributed by atoms with Gasteiger partial charge in [0.2, 0.25) is 0 Å². The second-order valence-electron chi connectivity index (χ2n) is 6.86. The summed E-state index contributed by atoms with van der Waals surface area (Å²) in [6.07, 6.45) is 9.10. The summed E-state index contributed by atoms with van der Waals surface area (Å²) < 4.78 is 36.0. The van der Waals surface area contributed by atoms with Crippen molar-refractivity contribution in [1.82, 2.24) is 0 Å². The fourth-order valence-corrected chi connectivity index (χ4v) is 3.71. The minimum absolute atomic E-state index is 0.00296. The maximum atomic E-state index is 12.1. The molecule has 2 nitrogen and oxygen atoms in total. The van der Waals surface area contributed by atoms with E-state index in [1.807, 2.05) is 0 Å². The van der Waals surface area contributed by atoms with Gasteiger partial charge in [0, 0.05) is 5.92 Å². The Hall–Kier alpha value is -0.480. The standard InChI is InChI=1S/C18H30F2O2/c1-2-3-4-5-18-21-12-16(13-22-18)15-9-6-14(7-10-15)8-11-17(19)20/h11,14-16,18H,2-10,12-13H2,1H3. The van der Waals surface area contributed by atoms with E-state index in [2.05, 4.69) is 6.92 Å². The van der Waals surface area contributed by atoms with Crippen molar-refractivity contribution in [3.63, 3.8) is 0 Å². The van der Waals surface area contributed by atoms with Crippen LogP contribution in [-0.4, -0.2) is 19.5 Å². The number of allylic oxidation sites excluding steroid dienone is 1. The Morgan fingerprint density at radius 1 is 1.00 bits per heavy atom. The fraction of sp³-hybridized carbons (Fsp3) is 0.889. The van der Waals surface area contributed by atoms with Gasteiger partial charge in [0.05, 0.1) is 13.2 Å². The Bertz CT molecular complexity index is 326. The number of halogens is 2. The number of hydrogen-bond donors (Lipinski definition) is 0. The molecule has 0 atom stereocenters. The molecule has 0 aromatic heterocycles. The molecule has 1 saturated heterocycles. The summed E-state index contributed by atoms with van der Waals surface area (Å²) >= 11 is 0. The quantitative estimate of drug-likeness (QED) is 0.575. The second-order valence-corrected chi connectivity index (χ2v) is 6.86. The molecule has 0 amide bonds. The molecule has 0 N–H and O–H groups in total. The van der Waals surface area contributed by atoms with E-state index in [4.69, 9.17) is 9.47 Å². The highest BCUT2D eigenvalue weighted by Gasteiger charge is 2.31. The molecule has 1 heterocycles. The van der Waals surface area contributed by atoms with Gasteiger partial charge in [-0.05, 0) is 62.9 Å². The zero-order valence-corrected chi connectivity index (χ0v) is 13.7. The number of hydrogen-bond acceptors (Lipinski definition) is 2. The summed E-state index contributed by atoms with van der Waals surface area (Å²) in [5.41, 5.74) is 0. The first-order valence-electron chi connectivity index (χ1n) is 8.93. The topological polar surface area (TPSA) is 18.5 Å². The summed E-state index contributed by atoms with van der Waals surface area (Å²) in [7, 11) is 0. The fourth-order valence-electron chi connectivity index (χ4n) is 3.71. The van der Waals surface area contributed by atoms with Gasteiger partial charge in [0.1, 0.15) is 0 Å². The van der Waals surface area contributed by atoms with Crippen LogP contribution in [0.2, 0.25) is 0 Å². The number of ether oxygens (including phenoxy) is 2. The first kappa shape index (κ1) is 17.9. The van der Waals surface area contributed by atoms with Gasteiger partial charge in [0.15, 0.2) is 6.29 Å². The molecule has 1 aliphatic carbocycles. The number of rotatable bonds is 7. The summed E-state index contributed by atoms with van der Waals surface area (Å²) in [5.74, 6) is 1.58. The van der Waals surface area contributed by atoms with Crippen LogP contribution in [-0.2, 0) is 9.47 Å². The van der Waals surface area contributed by atoms with Crippen molar-refractivity contribution in [2.24, 2.45) is 17.8 Å². The lowest BCUT2D eigenvalue weighted by atomic mass is 9.75. The van der Waals surface area contributed by atoms with Gasteiger partial charge in [-0.2, -0.15) is 8.78 Å². The summed E-state index contributed by atoms with van der Waals surface area (Å²) in [4.78, 5) is 0. The number of unbranched alkanes of at least 4 members (excludes halogenated alkanes) is 2. The predicted octanol–water partition coefficient (Wildman–Crippen LogP) is 5.53. The third kappa shape index (κ3) is 5.96. The van der Waals surface area contributed by atoms with Gasteiger partial charge in [-0.15, -0.1) is 0 Å². The van der Waals surface area contributed by atoms with Crippen LogP contribution in [0, 0.1) is 17.8 Å². The monoisotopic (exact) mass is 316 g/mol. The van der Waals surface area contributed by atoms with E-state index in [9.17, 15) is 8.78 Å². The minimum atomic E-state index is -1.54. The maximum Gasteiger partial charge on any atom is 0.266 e. The van der Waals surface area contributed by atoms with Crippen molar-refractivity contribution in [2.45, 2.75) is 71.0 Å². The van der Waals surface area contributed by atoms with Crippen molar-refractivity contribution in [3.05, 3.63) is 12.2 Å². The first-order valence-corrected chi connectivity index (χ1v) is 8.93. The molecule has 2 rings (SSSR count). The van der Waals surface area contributed by atoms with Gasteiger partial charge >= 0.3 is 0 Å². The molecule has 0 aromatic carbocycles. The van der Waals surface area contributed by atoms with Crippen LogP contribution in [0.3, 0.4) is 0 Å². The molecule has 0 radical (unpaired) electrons. The van der Waals surface area contributed by atoms with E-state index in [-0.39, 0.29) is 6.29 Å².